The van der Waals surface area contributed by atoms with Crippen LogP contribution in [0.4, 0.5) is 11.4 Å². The second-order valence-corrected chi connectivity index (χ2v) is 5.56. The first-order valence-electron chi connectivity index (χ1n) is 7.42. The van der Waals surface area contributed by atoms with Gasteiger partial charge < -0.3 is 20.1 Å². The lowest BCUT2D eigenvalue weighted by Gasteiger charge is -2.18. The monoisotopic (exact) mass is 347 g/mol. The van der Waals surface area contributed by atoms with Crippen LogP contribution in [0.2, 0.25) is 0 Å². The molecule has 134 valence electrons. The molecular weight excluding hydrogens is 326 g/mol. The second-order valence-electron chi connectivity index (χ2n) is 5.56. The van der Waals surface area contributed by atoms with E-state index in [1.165, 1.54) is 14.1 Å². The second kappa shape index (κ2) is 7.12. The van der Waals surface area contributed by atoms with Crippen LogP contribution in [0.15, 0.2) is 38.8 Å². The maximum Gasteiger partial charge on any atom is 0.333 e. The number of benzene rings is 1. The average molecular weight is 347 g/mol. The van der Waals surface area contributed by atoms with Crippen LogP contribution in [0.3, 0.4) is 0 Å². The fourth-order valence-corrected chi connectivity index (χ4v) is 2.06. The molecule has 9 nitrogen and oxygen atoms in total. The Balaban J connectivity index is 2.50. The van der Waals surface area contributed by atoms with Gasteiger partial charge in [-0.25, -0.2) is 9.79 Å². The van der Waals surface area contributed by atoms with Crippen molar-refractivity contribution in [2.24, 2.45) is 19.1 Å². The van der Waals surface area contributed by atoms with E-state index >= 15 is 0 Å². The molecule has 1 heterocycles. The number of anilines is 1. The molecule has 0 saturated heterocycles. The largest absolute Gasteiger partial charge is 0.497 e. The SMILES string of the molecule is COc1ccc(NC(=Nc2c(O)n(C)c(=O)n(C)c2=O)N(C)C)cc1. The fourth-order valence-electron chi connectivity index (χ4n) is 2.06. The van der Waals surface area contributed by atoms with Crippen molar-refractivity contribution >= 4 is 17.3 Å². The van der Waals surface area contributed by atoms with E-state index in [2.05, 4.69) is 10.3 Å². The minimum Gasteiger partial charge on any atom is -0.497 e. The van der Waals surface area contributed by atoms with E-state index in [1.54, 1.807) is 50.4 Å². The standard InChI is InChI=1S/C16H21N5O4/c1-19(2)15(17-10-6-8-11(25-5)9-7-10)18-12-13(22)20(3)16(24)21(4)14(12)23/h6-9,22H,1-5H3,(H,17,18). The highest BCUT2D eigenvalue weighted by molar-refractivity contribution is 5.95. The molecule has 25 heavy (non-hydrogen) atoms. The van der Waals surface area contributed by atoms with Crippen LogP contribution in [0, 0.1) is 0 Å². The van der Waals surface area contributed by atoms with Gasteiger partial charge in [-0.2, -0.15) is 0 Å². The van der Waals surface area contributed by atoms with Crippen LogP contribution in [-0.4, -0.2) is 46.3 Å². The Morgan fingerprint density at radius 2 is 1.76 bits per heavy atom. The number of methoxy groups -OCH3 is 1. The lowest BCUT2D eigenvalue weighted by molar-refractivity contribution is 0.414. The molecule has 1 aromatic carbocycles. The molecule has 0 radical (unpaired) electrons. The van der Waals surface area contributed by atoms with Crippen molar-refractivity contribution in [3.63, 3.8) is 0 Å². The summed E-state index contributed by atoms with van der Waals surface area (Å²) >= 11 is 0. The fraction of sp³-hybridized carbons (Fsp3) is 0.312. The molecule has 2 aromatic rings. The average Bonchev–Trinajstić information content (AvgIpc) is 2.61. The molecule has 0 unspecified atom stereocenters. The molecule has 0 aliphatic heterocycles. The molecule has 0 aliphatic rings. The van der Waals surface area contributed by atoms with Crippen LogP contribution in [0.25, 0.3) is 0 Å². The van der Waals surface area contributed by atoms with Gasteiger partial charge in [-0.1, -0.05) is 0 Å². The molecule has 1 aromatic heterocycles. The molecule has 2 N–H and O–H groups in total. The summed E-state index contributed by atoms with van der Waals surface area (Å²) in [6, 6.07) is 7.13. The van der Waals surface area contributed by atoms with Gasteiger partial charge in [-0.15, -0.1) is 0 Å². The lowest BCUT2D eigenvalue weighted by Crippen LogP contribution is -2.37. The first kappa shape index (κ1) is 18.1. The summed E-state index contributed by atoms with van der Waals surface area (Å²) in [7, 11) is 7.74. The van der Waals surface area contributed by atoms with E-state index in [-0.39, 0.29) is 5.69 Å². The summed E-state index contributed by atoms with van der Waals surface area (Å²) in [6.45, 7) is 0. The number of aromatic nitrogens is 2. The Morgan fingerprint density at radius 3 is 2.28 bits per heavy atom. The maximum atomic E-state index is 12.3. The van der Waals surface area contributed by atoms with Gasteiger partial charge in [0.15, 0.2) is 5.69 Å². The van der Waals surface area contributed by atoms with E-state index in [9.17, 15) is 14.7 Å². The first-order chi connectivity index (χ1) is 11.8. The zero-order valence-corrected chi connectivity index (χ0v) is 14.8. The summed E-state index contributed by atoms with van der Waals surface area (Å²) < 4.78 is 6.96. The molecule has 2 rings (SSSR count). The van der Waals surface area contributed by atoms with Crippen molar-refractivity contribution in [3.8, 4) is 11.6 Å². The van der Waals surface area contributed by atoms with Crippen molar-refractivity contribution in [1.29, 1.82) is 0 Å². The maximum absolute atomic E-state index is 12.3. The number of guanidine groups is 1. The summed E-state index contributed by atoms with van der Waals surface area (Å²) in [5.41, 5.74) is -0.823. The number of aromatic hydroxyl groups is 1. The van der Waals surface area contributed by atoms with E-state index in [1.807, 2.05) is 0 Å². The summed E-state index contributed by atoms with van der Waals surface area (Å²) in [5.74, 6) is 0.527. The van der Waals surface area contributed by atoms with Crippen LogP contribution >= 0.6 is 0 Å². The van der Waals surface area contributed by atoms with Gasteiger partial charge in [0.1, 0.15) is 5.75 Å². The molecule has 0 spiro atoms. The smallest absolute Gasteiger partial charge is 0.333 e. The van der Waals surface area contributed by atoms with Crippen molar-refractivity contribution in [1.82, 2.24) is 14.0 Å². The van der Waals surface area contributed by atoms with Crippen molar-refractivity contribution in [2.75, 3.05) is 26.5 Å². The molecule has 0 saturated carbocycles. The molecule has 9 heteroatoms. The topological polar surface area (TPSA) is 101 Å². The highest BCUT2D eigenvalue weighted by atomic mass is 16.5. The predicted octanol–water partition coefficient (Wildman–Crippen LogP) is 0.459. The molecule has 0 bridgehead atoms. The highest BCUT2D eigenvalue weighted by Crippen LogP contribution is 2.20. The van der Waals surface area contributed by atoms with Gasteiger partial charge in [-0.05, 0) is 24.3 Å². The molecule has 0 fully saturated rings. The Hall–Kier alpha value is -3.23. The quantitative estimate of drug-likeness (QED) is 0.618. The van der Waals surface area contributed by atoms with Gasteiger partial charge in [-0.3, -0.25) is 13.9 Å². The van der Waals surface area contributed by atoms with Crippen LogP contribution in [-0.2, 0) is 14.1 Å². The zero-order chi connectivity index (χ0) is 18.7. The van der Waals surface area contributed by atoms with Gasteiger partial charge in [0.2, 0.25) is 11.8 Å². The van der Waals surface area contributed by atoms with Crippen molar-refractivity contribution < 1.29 is 9.84 Å². The first-order valence-corrected chi connectivity index (χ1v) is 7.42. The third kappa shape index (κ3) is 3.65. The number of hydrogen-bond acceptors (Lipinski definition) is 5. The van der Waals surface area contributed by atoms with Gasteiger partial charge in [0.25, 0.3) is 5.56 Å². The summed E-state index contributed by atoms with van der Waals surface area (Å²) in [5, 5.41) is 13.2. The van der Waals surface area contributed by atoms with Crippen LogP contribution in [0.5, 0.6) is 11.6 Å². The summed E-state index contributed by atoms with van der Waals surface area (Å²) in [6.07, 6.45) is 0. The number of rotatable bonds is 3. The summed E-state index contributed by atoms with van der Waals surface area (Å²) in [4.78, 5) is 30.0. The molecule has 0 atom stereocenters. The minimum absolute atomic E-state index is 0.227. The van der Waals surface area contributed by atoms with Crippen LogP contribution < -0.4 is 21.3 Å². The Morgan fingerprint density at radius 1 is 1.16 bits per heavy atom. The predicted molar refractivity (Wildman–Crippen MR) is 96.0 cm³/mol. The Bertz CT molecular complexity index is 910. The Labute approximate surface area is 144 Å². The number of hydrogen-bond donors (Lipinski definition) is 2. The highest BCUT2D eigenvalue weighted by Gasteiger charge is 2.16. The van der Waals surface area contributed by atoms with E-state index in [4.69, 9.17) is 4.74 Å². The van der Waals surface area contributed by atoms with E-state index in [0.717, 1.165) is 14.8 Å². The minimum atomic E-state index is -0.684. The van der Waals surface area contributed by atoms with E-state index in [0.29, 0.717) is 11.7 Å². The normalized spacial score (nSPS) is 11.3. The number of nitrogens with zero attached hydrogens (tertiary/aromatic N) is 4. The third-order valence-electron chi connectivity index (χ3n) is 3.60. The van der Waals surface area contributed by atoms with E-state index < -0.39 is 17.1 Å². The Kier molecular flexibility index (Phi) is 5.16. The van der Waals surface area contributed by atoms with Crippen LogP contribution in [0.1, 0.15) is 0 Å². The number of nitrogens with one attached hydrogen (secondary N) is 1. The third-order valence-corrected chi connectivity index (χ3v) is 3.60. The van der Waals surface area contributed by atoms with Crippen molar-refractivity contribution in [3.05, 3.63) is 45.1 Å². The van der Waals surface area contributed by atoms with Gasteiger partial charge in [0, 0.05) is 33.9 Å². The van der Waals surface area contributed by atoms with Gasteiger partial charge >= 0.3 is 5.69 Å². The molecule has 0 aliphatic carbocycles. The molecule has 0 amide bonds. The lowest BCUT2D eigenvalue weighted by atomic mass is 10.3. The van der Waals surface area contributed by atoms with Crippen molar-refractivity contribution in [2.45, 2.75) is 0 Å². The molecular formula is C16H21N5O4. The zero-order valence-electron chi connectivity index (χ0n) is 14.8. The number of aliphatic imine (C=N–C) groups is 1. The number of ether oxygens (including phenoxy) is 1. The van der Waals surface area contributed by atoms with Gasteiger partial charge in [0.05, 0.1) is 7.11 Å².